The van der Waals surface area contributed by atoms with Crippen molar-refractivity contribution in [3.05, 3.63) is 0 Å². The van der Waals surface area contributed by atoms with Crippen molar-refractivity contribution in [2.24, 2.45) is 5.73 Å². The number of amides is 1. The van der Waals surface area contributed by atoms with Crippen molar-refractivity contribution < 1.29 is 17.9 Å². The fourth-order valence-electron chi connectivity index (χ4n) is 1.98. The molecule has 0 radical (unpaired) electrons. The van der Waals surface area contributed by atoms with E-state index in [1.165, 1.54) is 0 Å². The highest BCUT2D eigenvalue weighted by Crippen LogP contribution is 2.21. The van der Waals surface area contributed by atoms with Crippen LogP contribution < -0.4 is 15.2 Å². The van der Waals surface area contributed by atoms with Gasteiger partial charge in [0.05, 0.1) is 6.61 Å². The van der Waals surface area contributed by atoms with E-state index in [9.17, 15) is 13.2 Å². The first kappa shape index (κ1) is 16.2. The van der Waals surface area contributed by atoms with E-state index in [2.05, 4.69) is 14.4 Å². The van der Waals surface area contributed by atoms with Crippen LogP contribution in [0.15, 0.2) is 0 Å². The molecule has 4 N–H and O–H groups in total. The minimum atomic E-state index is -3.96. The number of carbonyl (C=O) groups is 1. The predicted molar refractivity (Wildman–Crippen MR) is 70.7 cm³/mol. The second-order valence-corrected chi connectivity index (χ2v) is 6.13. The van der Waals surface area contributed by atoms with Crippen LogP contribution >= 0.6 is 0 Å². The van der Waals surface area contributed by atoms with E-state index < -0.39 is 21.8 Å². The van der Waals surface area contributed by atoms with Gasteiger partial charge in [-0.15, -0.1) is 0 Å². The highest BCUT2D eigenvalue weighted by atomic mass is 32.2. The van der Waals surface area contributed by atoms with Crippen molar-refractivity contribution >= 4 is 16.3 Å². The fraction of sp³-hybridized carbons (Fsp3) is 0.900. The molecule has 1 amide bonds. The van der Waals surface area contributed by atoms with Crippen LogP contribution in [0.2, 0.25) is 0 Å². The van der Waals surface area contributed by atoms with Crippen molar-refractivity contribution in [1.82, 2.24) is 14.3 Å². The molecule has 1 heterocycles. The highest BCUT2D eigenvalue weighted by Gasteiger charge is 2.36. The number of likely N-dealkylation sites (tertiary alicyclic amines) is 1. The molecule has 0 aromatic carbocycles. The van der Waals surface area contributed by atoms with Crippen LogP contribution in [0, 0.1) is 0 Å². The molecule has 19 heavy (non-hydrogen) atoms. The summed E-state index contributed by atoms with van der Waals surface area (Å²) in [5, 5.41) is 0. The number of piperidine rings is 1. The van der Waals surface area contributed by atoms with Gasteiger partial charge in [0.1, 0.15) is 0 Å². The van der Waals surface area contributed by atoms with E-state index in [4.69, 9.17) is 5.73 Å². The number of carbonyl (C=O) groups excluding carboxylic acids is 1. The second-order valence-electron chi connectivity index (χ2n) is 4.72. The lowest BCUT2D eigenvalue weighted by atomic mass is 9.89. The highest BCUT2D eigenvalue weighted by molar-refractivity contribution is 7.88. The molecule has 0 spiro atoms. The molecule has 8 nitrogen and oxygen atoms in total. The average Bonchev–Trinajstić information content (AvgIpc) is 2.31. The summed E-state index contributed by atoms with van der Waals surface area (Å²) in [5.74, 6) is 0. The number of nitrogens with zero attached hydrogens (tertiary/aromatic N) is 1. The Morgan fingerprint density at radius 1 is 1.42 bits per heavy atom. The molecule has 1 fully saturated rings. The fourth-order valence-corrected chi connectivity index (χ4v) is 3.16. The Hall–Kier alpha value is -0.900. The van der Waals surface area contributed by atoms with Crippen LogP contribution in [0.25, 0.3) is 0 Å². The molecule has 9 heteroatoms. The summed E-state index contributed by atoms with van der Waals surface area (Å²) in [6.45, 7) is 3.38. The van der Waals surface area contributed by atoms with Crippen LogP contribution in [0.3, 0.4) is 0 Å². The maximum Gasteiger partial charge on any atom is 0.421 e. The molecule has 112 valence electrons. The van der Waals surface area contributed by atoms with Gasteiger partial charge in [-0.3, -0.25) is 0 Å². The second kappa shape index (κ2) is 6.51. The third-order valence-electron chi connectivity index (χ3n) is 3.18. The van der Waals surface area contributed by atoms with Crippen LogP contribution in [-0.2, 0) is 14.9 Å². The van der Waals surface area contributed by atoms with Crippen molar-refractivity contribution in [3.63, 3.8) is 0 Å². The lowest BCUT2D eigenvalue weighted by Crippen LogP contribution is -2.61. The van der Waals surface area contributed by atoms with Gasteiger partial charge in [0, 0.05) is 12.1 Å². The molecule has 0 aliphatic carbocycles. The molecular formula is C10H22N4O4S. The van der Waals surface area contributed by atoms with Crippen molar-refractivity contribution in [3.8, 4) is 0 Å². The monoisotopic (exact) mass is 294 g/mol. The van der Waals surface area contributed by atoms with Gasteiger partial charge in [-0.25, -0.2) is 9.52 Å². The Bertz CT molecular complexity index is 404. The zero-order valence-corrected chi connectivity index (χ0v) is 12.1. The normalized spacial score (nSPS) is 19.9. The number of hydrogen-bond acceptors (Lipinski definition) is 6. The summed E-state index contributed by atoms with van der Waals surface area (Å²) in [7, 11) is -2.00. The van der Waals surface area contributed by atoms with E-state index in [1.807, 2.05) is 7.05 Å². The SMILES string of the molecule is CCOC(=O)NS(=O)(=O)NC1(CN)CCN(C)CC1. The Morgan fingerprint density at radius 2 is 2.00 bits per heavy atom. The molecule has 1 rings (SSSR count). The summed E-state index contributed by atoms with van der Waals surface area (Å²) in [5.41, 5.74) is 4.99. The molecule has 1 saturated heterocycles. The molecule has 0 aromatic rings. The standard InChI is InChI=1S/C10H22N4O4S/c1-3-18-9(15)12-19(16,17)13-10(8-11)4-6-14(2)7-5-10/h13H,3-8,11H2,1-2H3,(H,12,15). The van der Waals surface area contributed by atoms with Crippen molar-refractivity contribution in [2.75, 3.05) is 33.3 Å². The van der Waals surface area contributed by atoms with Gasteiger partial charge in [-0.05, 0) is 39.9 Å². The van der Waals surface area contributed by atoms with Gasteiger partial charge in [0.2, 0.25) is 0 Å². The molecule has 1 aliphatic heterocycles. The third kappa shape index (κ3) is 4.94. The van der Waals surface area contributed by atoms with Crippen molar-refractivity contribution in [2.45, 2.75) is 25.3 Å². The molecule has 0 aromatic heterocycles. The van der Waals surface area contributed by atoms with E-state index in [0.29, 0.717) is 12.8 Å². The summed E-state index contributed by atoms with van der Waals surface area (Å²) < 4.78 is 32.5. The molecule has 1 aliphatic rings. The number of nitrogens with two attached hydrogens (primary N) is 1. The van der Waals surface area contributed by atoms with Gasteiger partial charge >= 0.3 is 16.3 Å². The largest absolute Gasteiger partial charge is 0.449 e. The topological polar surface area (TPSA) is 114 Å². The number of hydrogen-bond donors (Lipinski definition) is 3. The summed E-state index contributed by atoms with van der Waals surface area (Å²) in [6, 6.07) is 0. The third-order valence-corrected chi connectivity index (χ3v) is 4.32. The number of rotatable bonds is 5. The predicted octanol–water partition coefficient (Wildman–Crippen LogP) is -1.01. The minimum absolute atomic E-state index is 0.105. The van der Waals surface area contributed by atoms with E-state index in [0.717, 1.165) is 13.1 Å². The van der Waals surface area contributed by atoms with Crippen LogP contribution in [-0.4, -0.2) is 58.2 Å². The zero-order chi connectivity index (χ0) is 14.5. The Labute approximate surface area is 113 Å². The lowest BCUT2D eigenvalue weighted by Gasteiger charge is -2.39. The van der Waals surface area contributed by atoms with Crippen molar-refractivity contribution in [1.29, 1.82) is 0 Å². The number of nitrogens with one attached hydrogen (secondary N) is 2. The molecule has 0 bridgehead atoms. The van der Waals surface area contributed by atoms with Crippen LogP contribution in [0.4, 0.5) is 4.79 Å². The van der Waals surface area contributed by atoms with Crippen LogP contribution in [0.5, 0.6) is 0 Å². The zero-order valence-electron chi connectivity index (χ0n) is 11.3. The quantitative estimate of drug-likeness (QED) is 0.599. The Kier molecular flexibility index (Phi) is 5.53. The van der Waals surface area contributed by atoms with Gasteiger partial charge in [0.25, 0.3) is 0 Å². The number of ether oxygens (including phenoxy) is 1. The molecular weight excluding hydrogens is 272 g/mol. The summed E-state index contributed by atoms with van der Waals surface area (Å²) in [6.07, 6.45) is 0.211. The Morgan fingerprint density at radius 3 is 2.47 bits per heavy atom. The van der Waals surface area contributed by atoms with Gasteiger partial charge in [-0.2, -0.15) is 13.1 Å². The van der Waals surface area contributed by atoms with Gasteiger partial charge in [-0.1, -0.05) is 0 Å². The minimum Gasteiger partial charge on any atom is -0.449 e. The van der Waals surface area contributed by atoms with E-state index in [1.54, 1.807) is 11.6 Å². The first-order chi connectivity index (χ1) is 8.82. The maximum absolute atomic E-state index is 11.8. The van der Waals surface area contributed by atoms with E-state index in [-0.39, 0.29) is 13.2 Å². The maximum atomic E-state index is 11.8. The van der Waals surface area contributed by atoms with Crippen LogP contribution in [0.1, 0.15) is 19.8 Å². The molecule has 0 saturated carbocycles. The summed E-state index contributed by atoms with van der Waals surface area (Å²) in [4.78, 5) is 13.3. The smallest absolute Gasteiger partial charge is 0.421 e. The molecule has 0 unspecified atom stereocenters. The van der Waals surface area contributed by atoms with E-state index >= 15 is 0 Å². The first-order valence-corrected chi connectivity index (χ1v) is 7.68. The summed E-state index contributed by atoms with van der Waals surface area (Å²) >= 11 is 0. The Balaban J connectivity index is 2.66. The van der Waals surface area contributed by atoms with Gasteiger partial charge < -0.3 is 15.4 Å². The average molecular weight is 294 g/mol. The molecule has 0 atom stereocenters. The lowest BCUT2D eigenvalue weighted by molar-refractivity contribution is 0.157. The first-order valence-electron chi connectivity index (χ1n) is 6.19. The van der Waals surface area contributed by atoms with Gasteiger partial charge in [0.15, 0.2) is 0 Å².